The fraction of sp³-hybridized carbons (Fsp3) is 0. The molecule has 4 nitrogen and oxygen atoms in total. The van der Waals surface area contributed by atoms with Crippen LogP contribution in [0.3, 0.4) is 0 Å². The Labute approximate surface area is 94.8 Å². The molecule has 0 unspecified atom stereocenters. The first-order chi connectivity index (χ1) is 7.25. The number of anilines is 1. The van der Waals surface area contributed by atoms with Crippen LogP contribution in [0.25, 0.3) is 0 Å². The van der Waals surface area contributed by atoms with E-state index >= 15 is 0 Å². The number of amides is 1. The van der Waals surface area contributed by atoms with Crippen LogP contribution in [-0.2, 0) is 0 Å². The lowest BCUT2D eigenvalue weighted by Crippen LogP contribution is -2.10. The Balaban J connectivity index is 2.09. The van der Waals surface area contributed by atoms with Crippen molar-refractivity contribution >= 4 is 27.5 Å². The Bertz CT molecular complexity index is 450. The zero-order valence-electron chi connectivity index (χ0n) is 7.70. The van der Waals surface area contributed by atoms with Crippen LogP contribution >= 0.6 is 15.9 Å². The van der Waals surface area contributed by atoms with Crippen molar-refractivity contribution in [3.63, 3.8) is 0 Å². The van der Waals surface area contributed by atoms with Crippen molar-refractivity contribution in [2.24, 2.45) is 0 Å². The fourth-order valence-electron chi connectivity index (χ4n) is 1.11. The van der Waals surface area contributed by atoms with Crippen molar-refractivity contribution in [1.29, 1.82) is 0 Å². The maximum Gasteiger partial charge on any atom is 0.258 e. The highest BCUT2D eigenvalue weighted by Crippen LogP contribution is 2.14. The maximum absolute atomic E-state index is 11.6. The third-order valence-corrected chi connectivity index (χ3v) is 2.39. The highest BCUT2D eigenvalue weighted by atomic mass is 79.9. The van der Waals surface area contributed by atoms with Gasteiger partial charge in [-0.15, -0.1) is 0 Å². The molecule has 5 heteroatoms. The van der Waals surface area contributed by atoms with E-state index in [4.69, 9.17) is 0 Å². The number of carbonyl (C=O) groups is 1. The summed E-state index contributed by atoms with van der Waals surface area (Å²) >= 11 is 3.32. The summed E-state index contributed by atoms with van der Waals surface area (Å²) in [6, 6.07) is 7.38. The Morgan fingerprint density at radius 1 is 1.33 bits per heavy atom. The lowest BCUT2D eigenvalue weighted by atomic mass is 10.3. The zero-order chi connectivity index (χ0) is 10.7. The molecule has 0 aliphatic carbocycles. The molecule has 1 amide bonds. The van der Waals surface area contributed by atoms with Gasteiger partial charge in [-0.25, -0.2) is 0 Å². The molecule has 0 atom stereocenters. The standard InChI is InChI=1S/C10H8BrN3O/c11-8-1-3-9(4-2-8)14-10(15)7-5-12-13-6-7/h1-6H,(H,12,13)(H,14,15). The van der Waals surface area contributed by atoms with E-state index in [1.54, 1.807) is 6.20 Å². The molecule has 76 valence electrons. The molecule has 0 radical (unpaired) electrons. The van der Waals surface area contributed by atoms with Crippen LogP contribution in [0.5, 0.6) is 0 Å². The van der Waals surface area contributed by atoms with E-state index in [0.29, 0.717) is 5.56 Å². The van der Waals surface area contributed by atoms with Gasteiger partial charge in [0.2, 0.25) is 0 Å². The maximum atomic E-state index is 11.6. The van der Waals surface area contributed by atoms with E-state index in [2.05, 4.69) is 31.4 Å². The van der Waals surface area contributed by atoms with Gasteiger partial charge < -0.3 is 5.32 Å². The number of hydrogen-bond donors (Lipinski definition) is 2. The minimum Gasteiger partial charge on any atom is -0.322 e. The lowest BCUT2D eigenvalue weighted by Gasteiger charge is -2.02. The van der Waals surface area contributed by atoms with Gasteiger partial charge in [-0.05, 0) is 24.3 Å². The molecule has 0 fully saturated rings. The van der Waals surface area contributed by atoms with Crippen molar-refractivity contribution in [2.75, 3.05) is 5.32 Å². The molecule has 1 aromatic heterocycles. The minimum atomic E-state index is -0.175. The number of aromatic amines is 1. The van der Waals surface area contributed by atoms with Crippen LogP contribution in [0.15, 0.2) is 41.1 Å². The van der Waals surface area contributed by atoms with Crippen LogP contribution in [0.2, 0.25) is 0 Å². The molecule has 0 spiro atoms. The molecule has 15 heavy (non-hydrogen) atoms. The summed E-state index contributed by atoms with van der Waals surface area (Å²) in [6.07, 6.45) is 3.03. The Hall–Kier alpha value is -1.62. The summed E-state index contributed by atoms with van der Waals surface area (Å²) in [5.41, 5.74) is 1.27. The van der Waals surface area contributed by atoms with E-state index < -0.39 is 0 Å². The van der Waals surface area contributed by atoms with Crippen molar-refractivity contribution in [3.8, 4) is 0 Å². The molecule has 0 aliphatic rings. The van der Waals surface area contributed by atoms with E-state index in [0.717, 1.165) is 10.2 Å². The van der Waals surface area contributed by atoms with E-state index in [9.17, 15) is 4.79 Å². The number of aromatic nitrogens is 2. The summed E-state index contributed by atoms with van der Waals surface area (Å²) in [7, 11) is 0. The Kier molecular flexibility index (Phi) is 2.82. The van der Waals surface area contributed by atoms with Crippen molar-refractivity contribution in [1.82, 2.24) is 10.2 Å². The topological polar surface area (TPSA) is 57.8 Å². The number of rotatable bonds is 2. The number of carbonyl (C=O) groups excluding carboxylic acids is 1. The van der Waals surface area contributed by atoms with Gasteiger partial charge >= 0.3 is 0 Å². The summed E-state index contributed by atoms with van der Waals surface area (Å²) in [5.74, 6) is -0.175. The first kappa shape index (κ1) is 9.92. The predicted molar refractivity (Wildman–Crippen MR) is 60.7 cm³/mol. The molecule has 1 aromatic carbocycles. The zero-order valence-corrected chi connectivity index (χ0v) is 9.28. The number of hydrogen-bond acceptors (Lipinski definition) is 2. The summed E-state index contributed by atoms with van der Waals surface area (Å²) < 4.78 is 0.976. The van der Waals surface area contributed by atoms with Gasteiger partial charge in [0.15, 0.2) is 0 Å². The molecule has 2 rings (SSSR count). The monoisotopic (exact) mass is 265 g/mol. The fourth-order valence-corrected chi connectivity index (χ4v) is 1.38. The normalized spacial score (nSPS) is 9.93. The van der Waals surface area contributed by atoms with Crippen LogP contribution < -0.4 is 5.32 Å². The quantitative estimate of drug-likeness (QED) is 0.877. The summed E-state index contributed by atoms with van der Waals surface area (Å²) in [4.78, 5) is 11.6. The van der Waals surface area contributed by atoms with Gasteiger partial charge in [-0.3, -0.25) is 9.89 Å². The minimum absolute atomic E-state index is 0.175. The average Bonchev–Trinajstić information content (AvgIpc) is 2.74. The number of benzene rings is 1. The largest absolute Gasteiger partial charge is 0.322 e. The number of nitrogens with one attached hydrogen (secondary N) is 2. The molecular formula is C10H8BrN3O. The molecule has 2 N–H and O–H groups in total. The highest BCUT2D eigenvalue weighted by Gasteiger charge is 2.06. The van der Waals surface area contributed by atoms with E-state index in [1.807, 2.05) is 24.3 Å². The van der Waals surface area contributed by atoms with Crippen molar-refractivity contribution in [2.45, 2.75) is 0 Å². The lowest BCUT2D eigenvalue weighted by molar-refractivity contribution is 0.102. The highest BCUT2D eigenvalue weighted by molar-refractivity contribution is 9.10. The third-order valence-electron chi connectivity index (χ3n) is 1.86. The number of nitrogens with zero attached hydrogens (tertiary/aromatic N) is 1. The SMILES string of the molecule is O=C(Nc1ccc(Br)cc1)c1cn[nH]c1. The van der Waals surface area contributed by atoms with Gasteiger partial charge in [0.25, 0.3) is 5.91 Å². The van der Waals surface area contributed by atoms with Crippen LogP contribution in [-0.4, -0.2) is 16.1 Å². The van der Waals surface area contributed by atoms with Gasteiger partial charge in [0, 0.05) is 16.4 Å². The number of H-pyrrole nitrogens is 1. The molecule has 0 aliphatic heterocycles. The second-order valence-electron chi connectivity index (χ2n) is 2.95. The van der Waals surface area contributed by atoms with Gasteiger partial charge in [0.1, 0.15) is 0 Å². The average molecular weight is 266 g/mol. The molecule has 0 bridgehead atoms. The van der Waals surface area contributed by atoms with Crippen molar-refractivity contribution in [3.05, 3.63) is 46.7 Å². The summed E-state index contributed by atoms with van der Waals surface area (Å²) in [6.45, 7) is 0. The van der Waals surface area contributed by atoms with Gasteiger partial charge in [-0.2, -0.15) is 5.10 Å². The first-order valence-electron chi connectivity index (χ1n) is 4.31. The molecule has 0 saturated heterocycles. The number of halogens is 1. The van der Waals surface area contributed by atoms with Crippen LogP contribution in [0.4, 0.5) is 5.69 Å². The second-order valence-corrected chi connectivity index (χ2v) is 3.86. The predicted octanol–water partition coefficient (Wildman–Crippen LogP) is 2.42. The Morgan fingerprint density at radius 2 is 2.07 bits per heavy atom. The molecule has 0 saturated carbocycles. The van der Waals surface area contributed by atoms with Gasteiger partial charge in [-0.1, -0.05) is 15.9 Å². The van der Waals surface area contributed by atoms with Crippen LogP contribution in [0, 0.1) is 0 Å². The molecular weight excluding hydrogens is 258 g/mol. The first-order valence-corrected chi connectivity index (χ1v) is 5.11. The van der Waals surface area contributed by atoms with E-state index in [-0.39, 0.29) is 5.91 Å². The van der Waals surface area contributed by atoms with Crippen molar-refractivity contribution < 1.29 is 4.79 Å². The summed E-state index contributed by atoms with van der Waals surface area (Å²) in [5, 5.41) is 9.04. The Morgan fingerprint density at radius 3 is 2.67 bits per heavy atom. The van der Waals surface area contributed by atoms with Crippen LogP contribution in [0.1, 0.15) is 10.4 Å². The smallest absolute Gasteiger partial charge is 0.258 e. The molecule has 1 heterocycles. The molecule has 2 aromatic rings. The third kappa shape index (κ3) is 2.44. The van der Waals surface area contributed by atoms with Gasteiger partial charge in [0.05, 0.1) is 11.8 Å². The van der Waals surface area contributed by atoms with E-state index in [1.165, 1.54) is 6.20 Å². The second kappa shape index (κ2) is 4.27.